The van der Waals surface area contributed by atoms with E-state index in [-0.39, 0.29) is 17.2 Å². The molecule has 0 aromatic heterocycles. The largest absolute Gasteiger partial charge is 0.371 e. The van der Waals surface area contributed by atoms with Gasteiger partial charge in [-0.05, 0) is 61.2 Å². The van der Waals surface area contributed by atoms with E-state index in [1.54, 1.807) is 35.2 Å². The summed E-state index contributed by atoms with van der Waals surface area (Å²) >= 11 is 0. The first kappa shape index (κ1) is 21.6. The van der Waals surface area contributed by atoms with Crippen molar-refractivity contribution in [3.63, 3.8) is 0 Å². The highest BCUT2D eigenvalue weighted by Gasteiger charge is 2.26. The number of benzene rings is 3. The number of carbonyl (C=O) groups excluding carboxylic acids is 2. The van der Waals surface area contributed by atoms with Crippen LogP contribution in [0.25, 0.3) is 0 Å². The molecule has 0 atom stereocenters. The number of nitrogens with zero attached hydrogens (tertiary/aromatic N) is 3. The molecule has 0 saturated carbocycles. The van der Waals surface area contributed by atoms with Crippen molar-refractivity contribution in [1.82, 2.24) is 0 Å². The Balaban J connectivity index is 1.34. The SMILES string of the molecule is O=C(Nc1ccc(C(=O)N2CCc3ccccc32)cc1)c1cc([N+](=O)[O-])ccc1N1CCCC1. The minimum atomic E-state index is -0.499. The lowest BCUT2D eigenvalue weighted by Crippen LogP contribution is -2.28. The number of fused-ring (bicyclic) bond motifs is 1. The summed E-state index contributed by atoms with van der Waals surface area (Å²) < 4.78 is 0. The van der Waals surface area contributed by atoms with Gasteiger partial charge in [0.25, 0.3) is 17.5 Å². The van der Waals surface area contributed by atoms with E-state index in [0.29, 0.717) is 23.5 Å². The van der Waals surface area contributed by atoms with E-state index in [1.165, 1.54) is 12.1 Å². The second kappa shape index (κ2) is 8.97. The first-order valence-corrected chi connectivity index (χ1v) is 11.4. The summed E-state index contributed by atoms with van der Waals surface area (Å²) in [5, 5.41) is 14.1. The summed E-state index contributed by atoms with van der Waals surface area (Å²) in [6.07, 6.45) is 2.88. The molecule has 1 N–H and O–H groups in total. The van der Waals surface area contributed by atoms with Gasteiger partial charge in [0.1, 0.15) is 0 Å². The summed E-state index contributed by atoms with van der Waals surface area (Å²) in [6, 6.07) is 19.0. The van der Waals surface area contributed by atoms with Crippen LogP contribution in [0.3, 0.4) is 0 Å². The minimum Gasteiger partial charge on any atom is -0.371 e. The molecular weight excluding hydrogens is 432 g/mol. The van der Waals surface area contributed by atoms with Gasteiger partial charge in [0.15, 0.2) is 0 Å². The molecule has 0 unspecified atom stereocenters. The van der Waals surface area contributed by atoms with Gasteiger partial charge in [-0.2, -0.15) is 0 Å². The van der Waals surface area contributed by atoms with Crippen molar-refractivity contribution >= 4 is 34.6 Å². The highest BCUT2D eigenvalue weighted by atomic mass is 16.6. The van der Waals surface area contributed by atoms with Crippen LogP contribution in [0.2, 0.25) is 0 Å². The molecule has 0 spiro atoms. The van der Waals surface area contributed by atoms with Gasteiger partial charge in [0.2, 0.25) is 0 Å². The Morgan fingerprint density at radius 3 is 2.35 bits per heavy atom. The molecule has 2 amide bonds. The number of anilines is 3. The van der Waals surface area contributed by atoms with Crippen LogP contribution in [-0.2, 0) is 6.42 Å². The zero-order valence-corrected chi connectivity index (χ0v) is 18.6. The van der Waals surface area contributed by atoms with Crippen LogP contribution in [-0.4, -0.2) is 36.4 Å². The Hall–Kier alpha value is -4.20. The van der Waals surface area contributed by atoms with Crippen molar-refractivity contribution in [2.75, 3.05) is 34.8 Å². The predicted octanol–water partition coefficient (Wildman–Crippen LogP) is 4.65. The third-order valence-corrected chi connectivity index (χ3v) is 6.40. The monoisotopic (exact) mass is 456 g/mol. The molecule has 5 rings (SSSR count). The summed E-state index contributed by atoms with van der Waals surface area (Å²) in [7, 11) is 0. The lowest BCUT2D eigenvalue weighted by molar-refractivity contribution is -0.384. The number of amides is 2. The zero-order valence-electron chi connectivity index (χ0n) is 18.6. The third-order valence-electron chi connectivity index (χ3n) is 6.40. The number of para-hydroxylation sites is 1. The van der Waals surface area contributed by atoms with Gasteiger partial charge in [-0.1, -0.05) is 18.2 Å². The van der Waals surface area contributed by atoms with Crippen LogP contribution in [0.5, 0.6) is 0 Å². The van der Waals surface area contributed by atoms with E-state index in [9.17, 15) is 19.7 Å². The highest BCUT2D eigenvalue weighted by molar-refractivity contribution is 6.10. The van der Waals surface area contributed by atoms with Gasteiger partial charge >= 0.3 is 0 Å². The molecule has 34 heavy (non-hydrogen) atoms. The summed E-state index contributed by atoms with van der Waals surface area (Å²) in [5.74, 6) is -0.504. The van der Waals surface area contributed by atoms with Crippen LogP contribution in [0, 0.1) is 10.1 Å². The minimum absolute atomic E-state index is 0.0853. The molecule has 1 saturated heterocycles. The Morgan fingerprint density at radius 1 is 0.882 bits per heavy atom. The lowest BCUT2D eigenvalue weighted by atomic mass is 10.1. The third kappa shape index (κ3) is 4.10. The zero-order chi connectivity index (χ0) is 23.7. The molecule has 0 bridgehead atoms. The molecule has 2 aliphatic rings. The molecule has 3 aromatic carbocycles. The van der Waals surface area contributed by atoms with Crippen LogP contribution in [0.15, 0.2) is 66.7 Å². The van der Waals surface area contributed by atoms with Crippen molar-refractivity contribution in [2.24, 2.45) is 0 Å². The van der Waals surface area contributed by atoms with E-state index in [2.05, 4.69) is 10.2 Å². The fourth-order valence-corrected chi connectivity index (χ4v) is 4.65. The van der Waals surface area contributed by atoms with Gasteiger partial charge < -0.3 is 15.1 Å². The maximum Gasteiger partial charge on any atom is 0.270 e. The number of rotatable bonds is 5. The van der Waals surface area contributed by atoms with Gasteiger partial charge in [-0.25, -0.2) is 0 Å². The smallest absolute Gasteiger partial charge is 0.270 e. The summed E-state index contributed by atoms with van der Waals surface area (Å²) in [6.45, 7) is 2.27. The Labute approximate surface area is 196 Å². The molecule has 172 valence electrons. The van der Waals surface area contributed by atoms with Crippen molar-refractivity contribution < 1.29 is 14.5 Å². The quantitative estimate of drug-likeness (QED) is 0.445. The van der Waals surface area contributed by atoms with Crippen molar-refractivity contribution in [3.05, 3.63) is 93.5 Å². The number of carbonyl (C=O) groups is 2. The maximum absolute atomic E-state index is 13.1. The first-order chi connectivity index (χ1) is 16.5. The van der Waals surface area contributed by atoms with Crippen LogP contribution in [0.4, 0.5) is 22.7 Å². The van der Waals surface area contributed by atoms with Gasteiger partial charge in [0, 0.05) is 48.7 Å². The number of nitro benzene ring substituents is 1. The Bertz CT molecular complexity index is 1270. The number of hydrogen-bond donors (Lipinski definition) is 1. The van der Waals surface area contributed by atoms with E-state index in [4.69, 9.17) is 0 Å². The summed E-state index contributed by atoms with van der Waals surface area (Å²) in [4.78, 5) is 40.8. The van der Waals surface area contributed by atoms with Crippen molar-refractivity contribution in [3.8, 4) is 0 Å². The fourth-order valence-electron chi connectivity index (χ4n) is 4.65. The van der Waals surface area contributed by atoms with Crippen LogP contribution < -0.4 is 15.1 Å². The van der Waals surface area contributed by atoms with Gasteiger partial charge in [0.05, 0.1) is 16.2 Å². The predicted molar refractivity (Wildman–Crippen MR) is 131 cm³/mol. The normalized spacial score (nSPS) is 14.7. The molecule has 1 fully saturated rings. The molecule has 2 heterocycles. The molecule has 0 aliphatic carbocycles. The van der Waals surface area contributed by atoms with Crippen LogP contribution >= 0.6 is 0 Å². The first-order valence-electron chi connectivity index (χ1n) is 11.4. The number of nitrogens with one attached hydrogen (secondary N) is 1. The topological polar surface area (TPSA) is 95.8 Å². The standard InChI is InChI=1S/C26H24N4O4/c31-25(22-17-21(30(33)34)11-12-24(22)28-14-3-4-15-28)27-20-9-7-19(8-10-20)26(32)29-16-13-18-5-1-2-6-23(18)29/h1-2,5-12,17H,3-4,13-16H2,(H,27,31). The lowest BCUT2D eigenvalue weighted by Gasteiger charge is -2.21. The maximum atomic E-state index is 13.1. The molecular formula is C26H24N4O4. The summed E-state index contributed by atoms with van der Waals surface area (Å²) in [5.41, 5.74) is 3.98. The average molecular weight is 457 g/mol. The molecule has 2 aliphatic heterocycles. The molecule has 8 heteroatoms. The van der Waals surface area contributed by atoms with Gasteiger partial charge in [-0.15, -0.1) is 0 Å². The molecule has 8 nitrogen and oxygen atoms in total. The van der Waals surface area contributed by atoms with E-state index < -0.39 is 10.8 Å². The second-order valence-corrected chi connectivity index (χ2v) is 8.52. The fraction of sp³-hybridized carbons (Fsp3) is 0.231. The molecule has 0 radical (unpaired) electrons. The average Bonchev–Trinajstić information content (AvgIpc) is 3.54. The van der Waals surface area contributed by atoms with E-state index >= 15 is 0 Å². The molecule has 3 aromatic rings. The Morgan fingerprint density at radius 2 is 1.62 bits per heavy atom. The highest BCUT2D eigenvalue weighted by Crippen LogP contribution is 2.30. The van der Waals surface area contributed by atoms with Crippen molar-refractivity contribution in [2.45, 2.75) is 19.3 Å². The van der Waals surface area contributed by atoms with Crippen molar-refractivity contribution in [1.29, 1.82) is 0 Å². The number of hydrogen-bond acceptors (Lipinski definition) is 5. The van der Waals surface area contributed by atoms with E-state index in [0.717, 1.165) is 43.6 Å². The number of non-ortho nitro benzene ring substituents is 1. The number of nitro groups is 1. The Kier molecular flexibility index (Phi) is 5.71. The van der Waals surface area contributed by atoms with Crippen LogP contribution in [0.1, 0.15) is 39.1 Å². The van der Waals surface area contributed by atoms with Gasteiger partial charge in [-0.3, -0.25) is 19.7 Å². The van der Waals surface area contributed by atoms with E-state index in [1.807, 2.05) is 24.3 Å². The second-order valence-electron chi connectivity index (χ2n) is 8.52.